The summed E-state index contributed by atoms with van der Waals surface area (Å²) >= 11 is 3.30. The number of benzene rings is 1. The minimum atomic E-state index is -0.322. The number of anilines is 1. The Bertz CT molecular complexity index is 306. The number of halogens is 2. The molecular formula is C10H13BrFNO. The van der Waals surface area contributed by atoms with Crippen molar-refractivity contribution in [2.45, 2.75) is 6.92 Å². The fourth-order valence-electron chi connectivity index (χ4n) is 1.07. The molecule has 0 saturated heterocycles. The Balaban J connectivity index is 2.88. The van der Waals surface area contributed by atoms with E-state index >= 15 is 0 Å². The van der Waals surface area contributed by atoms with Crippen LogP contribution in [0.2, 0.25) is 0 Å². The Labute approximate surface area is 91.8 Å². The molecule has 78 valence electrons. The Morgan fingerprint density at radius 3 is 2.71 bits per heavy atom. The molecule has 0 N–H and O–H groups in total. The van der Waals surface area contributed by atoms with Crippen molar-refractivity contribution < 1.29 is 9.13 Å². The molecule has 4 heteroatoms. The van der Waals surface area contributed by atoms with Crippen molar-refractivity contribution in [2.24, 2.45) is 0 Å². The Kier molecular flexibility index (Phi) is 4.20. The highest BCUT2D eigenvalue weighted by atomic mass is 79.9. The van der Waals surface area contributed by atoms with Crippen LogP contribution in [0, 0.1) is 5.82 Å². The fourth-order valence-corrected chi connectivity index (χ4v) is 1.36. The first-order chi connectivity index (χ1) is 6.69. The average Bonchev–Trinajstić information content (AvgIpc) is 2.20. The van der Waals surface area contributed by atoms with Crippen LogP contribution in [0.5, 0.6) is 5.75 Å². The maximum absolute atomic E-state index is 13.4. The Hall–Kier alpha value is -0.770. The molecule has 0 aromatic heterocycles. The molecule has 0 aliphatic carbocycles. The molecule has 1 aromatic carbocycles. The number of rotatable bonds is 4. The molecule has 0 amide bonds. The van der Waals surface area contributed by atoms with E-state index in [1.165, 1.54) is 6.07 Å². The van der Waals surface area contributed by atoms with Gasteiger partial charge < -0.3 is 9.64 Å². The van der Waals surface area contributed by atoms with E-state index in [4.69, 9.17) is 4.74 Å². The molecule has 0 atom stereocenters. The zero-order valence-corrected chi connectivity index (χ0v) is 9.84. The van der Waals surface area contributed by atoms with Gasteiger partial charge in [0.2, 0.25) is 0 Å². The summed E-state index contributed by atoms with van der Waals surface area (Å²) in [5.41, 5.74) is 1.49. The highest BCUT2D eigenvalue weighted by Crippen LogP contribution is 2.23. The van der Waals surface area contributed by atoms with Crippen molar-refractivity contribution >= 4 is 21.6 Å². The number of nitrogens with zero attached hydrogens (tertiary/aromatic N) is 1. The Morgan fingerprint density at radius 2 is 2.21 bits per heavy atom. The van der Waals surface area contributed by atoms with Crippen molar-refractivity contribution in [3.8, 4) is 5.75 Å². The number of ether oxygens (including phenoxy) is 1. The summed E-state index contributed by atoms with van der Waals surface area (Å²) in [5.74, 6) is -0.0172. The molecule has 0 spiro atoms. The molecular weight excluding hydrogens is 249 g/mol. The maximum Gasteiger partial charge on any atom is 0.167 e. The van der Waals surface area contributed by atoms with Gasteiger partial charge in [-0.3, -0.25) is 0 Å². The molecule has 14 heavy (non-hydrogen) atoms. The second-order valence-electron chi connectivity index (χ2n) is 2.87. The molecule has 2 nitrogen and oxygen atoms in total. The lowest BCUT2D eigenvalue weighted by Crippen LogP contribution is -2.13. The predicted octanol–water partition coefficient (Wildman–Crippen LogP) is 3.01. The second-order valence-corrected chi connectivity index (χ2v) is 3.37. The molecule has 1 rings (SSSR count). The van der Waals surface area contributed by atoms with E-state index in [0.717, 1.165) is 5.69 Å². The first kappa shape index (κ1) is 11.3. The van der Waals surface area contributed by atoms with Crippen molar-refractivity contribution in [2.75, 3.05) is 24.0 Å². The van der Waals surface area contributed by atoms with Crippen LogP contribution in [0.15, 0.2) is 18.2 Å². The Morgan fingerprint density at radius 1 is 1.50 bits per heavy atom. The zero-order chi connectivity index (χ0) is 10.6. The van der Waals surface area contributed by atoms with Crippen LogP contribution in [0.4, 0.5) is 10.1 Å². The minimum absolute atomic E-state index is 0.305. The van der Waals surface area contributed by atoms with Gasteiger partial charge in [-0.25, -0.2) is 4.39 Å². The number of hydrogen-bond donors (Lipinski definition) is 0. The molecule has 0 saturated carbocycles. The second kappa shape index (κ2) is 5.20. The summed E-state index contributed by atoms with van der Waals surface area (Å²) in [6.07, 6.45) is 0. The lowest BCUT2D eigenvalue weighted by molar-refractivity contribution is 0.321. The standard InChI is InChI=1S/C10H13BrFNO/c1-3-14-10-5-4-8(6-9(10)12)13(2)7-11/h4-6H,3,7H2,1-2H3. The topological polar surface area (TPSA) is 12.5 Å². The van der Waals surface area contributed by atoms with Gasteiger partial charge in [0.1, 0.15) is 0 Å². The first-order valence-corrected chi connectivity index (χ1v) is 5.50. The molecule has 0 bridgehead atoms. The van der Waals surface area contributed by atoms with E-state index in [1.54, 1.807) is 6.07 Å². The third kappa shape index (κ3) is 2.61. The van der Waals surface area contributed by atoms with Crippen LogP contribution in [-0.4, -0.2) is 19.1 Å². The van der Waals surface area contributed by atoms with Gasteiger partial charge in [0.25, 0.3) is 0 Å². The van der Waals surface area contributed by atoms with E-state index in [0.29, 0.717) is 17.8 Å². The van der Waals surface area contributed by atoms with Crippen LogP contribution < -0.4 is 9.64 Å². The number of hydrogen-bond acceptors (Lipinski definition) is 2. The predicted molar refractivity (Wildman–Crippen MR) is 59.8 cm³/mol. The summed E-state index contributed by atoms with van der Waals surface area (Å²) in [6.45, 7) is 2.31. The molecule has 1 aromatic rings. The summed E-state index contributed by atoms with van der Waals surface area (Å²) in [4.78, 5) is 1.89. The van der Waals surface area contributed by atoms with Crippen LogP contribution >= 0.6 is 15.9 Å². The SMILES string of the molecule is CCOc1ccc(N(C)CBr)cc1F. The van der Waals surface area contributed by atoms with E-state index in [1.807, 2.05) is 24.9 Å². The van der Waals surface area contributed by atoms with Gasteiger partial charge in [-0.15, -0.1) is 0 Å². The fraction of sp³-hybridized carbons (Fsp3) is 0.400. The summed E-state index contributed by atoms with van der Waals surface area (Å²) in [7, 11) is 1.88. The first-order valence-electron chi connectivity index (χ1n) is 4.38. The van der Waals surface area contributed by atoms with Gasteiger partial charge in [0, 0.05) is 18.8 Å². The van der Waals surface area contributed by atoms with Gasteiger partial charge in [-0.2, -0.15) is 0 Å². The number of alkyl halides is 1. The van der Waals surface area contributed by atoms with Gasteiger partial charge in [0.05, 0.1) is 12.1 Å². The minimum Gasteiger partial charge on any atom is -0.491 e. The molecule has 0 fully saturated rings. The quantitative estimate of drug-likeness (QED) is 0.611. The van der Waals surface area contributed by atoms with Gasteiger partial charge >= 0.3 is 0 Å². The smallest absolute Gasteiger partial charge is 0.167 e. The van der Waals surface area contributed by atoms with Crippen LogP contribution in [0.1, 0.15) is 6.92 Å². The molecule has 0 aliphatic rings. The maximum atomic E-state index is 13.4. The van der Waals surface area contributed by atoms with Crippen molar-refractivity contribution in [3.63, 3.8) is 0 Å². The molecule has 0 heterocycles. The largest absolute Gasteiger partial charge is 0.491 e. The lowest BCUT2D eigenvalue weighted by Gasteiger charge is -2.16. The summed E-state index contributed by atoms with van der Waals surface area (Å²) in [5, 5.41) is 0. The van der Waals surface area contributed by atoms with Gasteiger partial charge in [-0.05, 0) is 19.1 Å². The highest BCUT2D eigenvalue weighted by molar-refractivity contribution is 9.09. The third-order valence-electron chi connectivity index (χ3n) is 1.84. The third-order valence-corrected chi connectivity index (χ3v) is 2.59. The normalized spacial score (nSPS) is 10.0. The van der Waals surface area contributed by atoms with Gasteiger partial charge in [-0.1, -0.05) is 15.9 Å². The lowest BCUT2D eigenvalue weighted by atomic mass is 10.3. The molecule has 0 aliphatic heterocycles. The summed E-state index contributed by atoms with van der Waals surface area (Å²) < 4.78 is 18.5. The monoisotopic (exact) mass is 261 g/mol. The van der Waals surface area contributed by atoms with Crippen molar-refractivity contribution in [1.29, 1.82) is 0 Å². The van der Waals surface area contributed by atoms with Crippen LogP contribution in [0.3, 0.4) is 0 Å². The van der Waals surface area contributed by atoms with Crippen molar-refractivity contribution in [3.05, 3.63) is 24.0 Å². The van der Waals surface area contributed by atoms with Crippen molar-refractivity contribution in [1.82, 2.24) is 0 Å². The van der Waals surface area contributed by atoms with Gasteiger partial charge in [0.15, 0.2) is 11.6 Å². The van der Waals surface area contributed by atoms with E-state index in [-0.39, 0.29) is 5.82 Å². The van der Waals surface area contributed by atoms with Crippen LogP contribution in [-0.2, 0) is 0 Å². The van der Waals surface area contributed by atoms with E-state index in [2.05, 4.69) is 15.9 Å². The molecule has 0 unspecified atom stereocenters. The van der Waals surface area contributed by atoms with E-state index in [9.17, 15) is 4.39 Å². The highest BCUT2D eigenvalue weighted by Gasteiger charge is 2.06. The van der Waals surface area contributed by atoms with Crippen LogP contribution in [0.25, 0.3) is 0 Å². The van der Waals surface area contributed by atoms with E-state index < -0.39 is 0 Å². The molecule has 0 radical (unpaired) electrons. The average molecular weight is 262 g/mol. The zero-order valence-electron chi connectivity index (χ0n) is 8.26. The summed E-state index contributed by atoms with van der Waals surface area (Å²) in [6, 6.07) is 4.94.